The highest BCUT2D eigenvalue weighted by Gasteiger charge is 2.39. The number of hydrogen-bond donors (Lipinski definition) is 3. The van der Waals surface area contributed by atoms with Gasteiger partial charge in [0.2, 0.25) is 10.0 Å². The second-order valence-corrected chi connectivity index (χ2v) is 14.6. The molecule has 0 atom stereocenters. The van der Waals surface area contributed by atoms with E-state index in [4.69, 9.17) is 0 Å². The lowest BCUT2D eigenvalue weighted by Crippen LogP contribution is -2.41. The van der Waals surface area contributed by atoms with Crippen LogP contribution in [0.3, 0.4) is 0 Å². The van der Waals surface area contributed by atoms with Crippen LogP contribution in [-0.4, -0.2) is 42.5 Å². The summed E-state index contributed by atoms with van der Waals surface area (Å²) in [4.78, 5) is 28.3. The van der Waals surface area contributed by atoms with Gasteiger partial charge in [-0.2, -0.15) is 13.2 Å². The molecule has 0 saturated heterocycles. The van der Waals surface area contributed by atoms with Crippen LogP contribution in [0.25, 0.3) is 10.4 Å². The predicted molar refractivity (Wildman–Crippen MR) is 147 cm³/mol. The number of nitrogens with one attached hydrogen (secondary N) is 2. The molecule has 3 rings (SSSR count). The van der Waals surface area contributed by atoms with Crippen molar-refractivity contribution in [1.29, 1.82) is 0 Å². The van der Waals surface area contributed by atoms with Crippen LogP contribution in [0, 0.1) is 11.3 Å². The third kappa shape index (κ3) is 8.03. The molecule has 1 aromatic heterocycles. The van der Waals surface area contributed by atoms with Gasteiger partial charge < -0.3 is 10.4 Å². The van der Waals surface area contributed by atoms with E-state index in [0.717, 1.165) is 55.6 Å². The summed E-state index contributed by atoms with van der Waals surface area (Å²) in [5, 5.41) is 11.9. The molecule has 1 saturated carbocycles. The fraction of sp³-hybridized carbons (Fsp3) is 0.593. The van der Waals surface area contributed by atoms with Crippen molar-refractivity contribution in [3.63, 3.8) is 0 Å². The molecule has 1 heterocycles. The van der Waals surface area contributed by atoms with Crippen LogP contribution in [0.4, 0.5) is 13.2 Å². The zero-order valence-electron chi connectivity index (χ0n) is 23.2. The van der Waals surface area contributed by atoms with Crippen molar-refractivity contribution in [2.45, 2.75) is 89.8 Å². The molecular formula is C27H36F3N3O5S2. The van der Waals surface area contributed by atoms with Gasteiger partial charge >= 0.3 is 12.1 Å². The number of sulfonamides is 1. The minimum atomic E-state index is -4.96. The Morgan fingerprint density at radius 1 is 1.07 bits per heavy atom. The molecule has 0 radical (unpaired) electrons. The predicted octanol–water partition coefficient (Wildman–Crippen LogP) is 5.87. The first-order valence-electron chi connectivity index (χ1n) is 13.1. The normalized spacial score (nSPS) is 15.7. The van der Waals surface area contributed by atoms with Gasteiger partial charge in [0, 0.05) is 12.1 Å². The van der Waals surface area contributed by atoms with Crippen molar-refractivity contribution in [1.82, 2.24) is 15.0 Å². The van der Waals surface area contributed by atoms with Crippen molar-refractivity contribution in [2.24, 2.45) is 11.3 Å². The van der Waals surface area contributed by atoms with Gasteiger partial charge in [0.25, 0.3) is 5.91 Å². The summed E-state index contributed by atoms with van der Waals surface area (Å²) in [5.41, 5.74) is -2.97. The molecule has 0 unspecified atom stereocenters. The first kappa shape index (κ1) is 32.0. The van der Waals surface area contributed by atoms with E-state index in [-0.39, 0.29) is 23.0 Å². The summed E-state index contributed by atoms with van der Waals surface area (Å²) in [6, 6.07) is 3.04. The summed E-state index contributed by atoms with van der Waals surface area (Å²) in [7, 11) is -4.49. The molecular weight excluding hydrogens is 567 g/mol. The van der Waals surface area contributed by atoms with Gasteiger partial charge in [-0.15, -0.1) is 11.3 Å². The van der Waals surface area contributed by atoms with Gasteiger partial charge in [0.05, 0.1) is 26.4 Å². The minimum absolute atomic E-state index is 0.00153. The van der Waals surface area contributed by atoms with Crippen LogP contribution in [-0.2, 0) is 27.4 Å². The Kier molecular flexibility index (Phi) is 9.42. The summed E-state index contributed by atoms with van der Waals surface area (Å²) in [6.07, 6.45) is 0.562. The fourth-order valence-electron chi connectivity index (χ4n) is 4.52. The quantitative estimate of drug-likeness (QED) is 0.329. The van der Waals surface area contributed by atoms with E-state index in [1.807, 2.05) is 0 Å². The lowest BCUT2D eigenvalue weighted by atomic mass is 9.85. The number of carboxylic acids is 1. The molecule has 1 aliphatic carbocycles. The summed E-state index contributed by atoms with van der Waals surface area (Å²) >= 11 is 0.908. The molecule has 1 aromatic carbocycles. The number of halogens is 3. The number of benzene rings is 1. The van der Waals surface area contributed by atoms with Gasteiger partial charge in [0.1, 0.15) is 0 Å². The van der Waals surface area contributed by atoms with Crippen LogP contribution in [0.15, 0.2) is 23.1 Å². The Balaban J connectivity index is 2.07. The van der Waals surface area contributed by atoms with Gasteiger partial charge in [-0.05, 0) is 64.7 Å². The van der Waals surface area contributed by atoms with Crippen molar-refractivity contribution in [3.05, 3.63) is 34.5 Å². The number of thiazole rings is 1. The number of carbonyl (C=O) groups is 2. The largest absolute Gasteiger partial charge is 0.481 e. The number of aliphatic carboxylic acids is 1. The Morgan fingerprint density at radius 2 is 1.70 bits per heavy atom. The number of carbonyl (C=O) groups excluding carboxylic acids is 1. The molecule has 1 aliphatic rings. The van der Waals surface area contributed by atoms with Crippen molar-refractivity contribution < 1.29 is 36.3 Å². The van der Waals surface area contributed by atoms with Crippen molar-refractivity contribution in [2.75, 3.05) is 6.54 Å². The van der Waals surface area contributed by atoms with Crippen LogP contribution in [0.2, 0.25) is 0 Å². The number of carboxylic acid groups (broad SMARTS) is 1. The second kappa shape index (κ2) is 11.8. The Hall–Kier alpha value is -2.51. The lowest BCUT2D eigenvalue weighted by Gasteiger charge is -2.23. The van der Waals surface area contributed by atoms with Crippen LogP contribution < -0.4 is 10.0 Å². The SMILES string of the molecule is CC(C)(C)NS(=O)(=O)c1ccc(-c2sc(C(=O)NCC(C)(C)C(=O)O)nc2CC2CCCCC2)cc1C(F)(F)F. The maximum absolute atomic E-state index is 14.2. The highest BCUT2D eigenvalue weighted by Crippen LogP contribution is 2.40. The average molecular weight is 604 g/mol. The molecule has 1 amide bonds. The van der Waals surface area contributed by atoms with Crippen LogP contribution >= 0.6 is 11.3 Å². The number of nitrogens with zero attached hydrogens (tertiary/aromatic N) is 1. The molecule has 3 N–H and O–H groups in total. The van der Waals surface area contributed by atoms with Crippen molar-refractivity contribution >= 4 is 33.2 Å². The standard InChI is InChI=1S/C27H36F3N3O5S2/c1-25(2,3)33-40(37,38)20-12-11-17(14-18(20)27(28,29)30)21-19(13-16-9-7-6-8-10-16)32-23(39-21)22(34)31-15-26(4,5)24(35)36/h11-12,14,16,33H,6-10,13,15H2,1-5H3,(H,31,34)(H,35,36). The van der Waals surface area contributed by atoms with E-state index in [1.54, 1.807) is 0 Å². The lowest BCUT2D eigenvalue weighted by molar-refractivity contribution is -0.146. The number of aromatic nitrogens is 1. The van der Waals surface area contributed by atoms with Crippen LogP contribution in [0.1, 0.15) is 87.8 Å². The van der Waals surface area contributed by atoms with Gasteiger partial charge in [0.15, 0.2) is 5.01 Å². The average Bonchev–Trinajstić information content (AvgIpc) is 3.24. The smallest absolute Gasteiger partial charge is 0.417 e. The third-order valence-corrected chi connectivity index (χ3v) is 9.61. The molecule has 8 nitrogen and oxygen atoms in total. The number of alkyl halides is 3. The Bertz CT molecular complexity index is 1360. The summed E-state index contributed by atoms with van der Waals surface area (Å²) < 4.78 is 70.5. The third-order valence-electron chi connectivity index (χ3n) is 6.65. The number of rotatable bonds is 9. The van der Waals surface area contributed by atoms with E-state index in [9.17, 15) is 36.3 Å². The Labute approximate surface area is 236 Å². The van der Waals surface area contributed by atoms with Gasteiger partial charge in [-0.25, -0.2) is 18.1 Å². The molecule has 0 bridgehead atoms. The van der Waals surface area contributed by atoms with E-state index < -0.39 is 49.5 Å². The number of hydrogen-bond acceptors (Lipinski definition) is 6. The molecule has 1 fully saturated rings. The first-order valence-corrected chi connectivity index (χ1v) is 15.4. The number of amides is 1. The zero-order valence-corrected chi connectivity index (χ0v) is 24.9. The monoisotopic (exact) mass is 603 g/mol. The van der Waals surface area contributed by atoms with E-state index in [1.165, 1.54) is 40.7 Å². The highest BCUT2D eigenvalue weighted by molar-refractivity contribution is 7.89. The summed E-state index contributed by atoms with van der Waals surface area (Å²) in [6.45, 7) is 7.35. The first-order chi connectivity index (χ1) is 18.3. The molecule has 13 heteroatoms. The fourth-order valence-corrected chi connectivity index (χ4v) is 7.15. The van der Waals surface area contributed by atoms with Gasteiger partial charge in [-0.3, -0.25) is 9.59 Å². The zero-order chi connectivity index (χ0) is 30.1. The van der Waals surface area contributed by atoms with E-state index >= 15 is 0 Å². The maximum Gasteiger partial charge on any atom is 0.417 e. The summed E-state index contributed by atoms with van der Waals surface area (Å²) in [5.74, 6) is -1.46. The highest BCUT2D eigenvalue weighted by atomic mass is 32.2. The Morgan fingerprint density at radius 3 is 2.25 bits per heavy atom. The molecule has 2 aromatic rings. The maximum atomic E-state index is 14.2. The van der Waals surface area contributed by atoms with Crippen LogP contribution in [0.5, 0.6) is 0 Å². The van der Waals surface area contributed by atoms with E-state index in [0.29, 0.717) is 17.0 Å². The molecule has 222 valence electrons. The molecule has 0 spiro atoms. The topological polar surface area (TPSA) is 125 Å². The minimum Gasteiger partial charge on any atom is -0.481 e. The molecule has 0 aliphatic heterocycles. The second-order valence-electron chi connectivity index (χ2n) is 11.9. The van der Waals surface area contributed by atoms with E-state index in [2.05, 4.69) is 15.0 Å². The van der Waals surface area contributed by atoms with Gasteiger partial charge in [-0.1, -0.05) is 38.2 Å². The molecule has 40 heavy (non-hydrogen) atoms. The van der Waals surface area contributed by atoms with Crippen molar-refractivity contribution in [3.8, 4) is 10.4 Å².